The maximum Gasteiger partial charge on any atom is 0.346 e. The van der Waals surface area contributed by atoms with Gasteiger partial charge in [0, 0.05) is 13.7 Å². The smallest absolute Gasteiger partial charge is 0.346 e. The second kappa shape index (κ2) is 6.05. The Labute approximate surface area is 119 Å². The minimum atomic E-state index is -0.522. The number of nitrogens with zero attached hydrogens (tertiary/aromatic N) is 2. The normalized spacial score (nSPS) is 22.2. The molecule has 1 heterocycles. The van der Waals surface area contributed by atoms with Gasteiger partial charge < -0.3 is 15.4 Å². The summed E-state index contributed by atoms with van der Waals surface area (Å²) >= 11 is 0. The van der Waals surface area contributed by atoms with Gasteiger partial charge in [0.25, 0.3) is 0 Å². The summed E-state index contributed by atoms with van der Waals surface area (Å²) in [6.45, 7) is 2.95. The molecular formula is C15H21N3O2. The molecule has 0 saturated heterocycles. The predicted molar refractivity (Wildman–Crippen MR) is 78.8 cm³/mol. The Morgan fingerprint density at radius 3 is 2.70 bits per heavy atom. The molecule has 0 spiro atoms. The number of hydrogen-bond acceptors (Lipinski definition) is 3. The van der Waals surface area contributed by atoms with Crippen LogP contribution in [-0.4, -0.2) is 42.6 Å². The maximum absolute atomic E-state index is 11.9. The van der Waals surface area contributed by atoms with Crippen molar-refractivity contribution in [1.82, 2.24) is 4.90 Å². The zero-order chi connectivity index (χ0) is 14.6. The van der Waals surface area contributed by atoms with E-state index in [1.165, 1.54) is 5.56 Å². The molecule has 1 aliphatic rings. The van der Waals surface area contributed by atoms with Gasteiger partial charge in [0.2, 0.25) is 0 Å². The molecule has 2 N–H and O–H groups in total. The average Bonchev–Trinajstić information content (AvgIpc) is 2.66. The molecule has 1 aromatic carbocycles. The summed E-state index contributed by atoms with van der Waals surface area (Å²) in [5.74, 6) is 0.398. The van der Waals surface area contributed by atoms with Crippen molar-refractivity contribution >= 4 is 11.9 Å². The molecule has 5 heteroatoms. The maximum atomic E-state index is 11.9. The molecule has 1 unspecified atom stereocenters. The number of aliphatic imine (C=N–C) groups is 1. The van der Waals surface area contributed by atoms with E-state index in [2.05, 4.69) is 17.1 Å². The summed E-state index contributed by atoms with van der Waals surface area (Å²) in [6.07, 6.45) is 1.60. The summed E-state index contributed by atoms with van der Waals surface area (Å²) in [4.78, 5) is 17.5. The van der Waals surface area contributed by atoms with Gasteiger partial charge in [0.15, 0.2) is 0 Å². The SMILES string of the molecule is COCCN1C(=O)N=C(N)C1(C)CCc1ccccc1. The van der Waals surface area contributed by atoms with Gasteiger partial charge in [-0.2, -0.15) is 4.99 Å². The van der Waals surface area contributed by atoms with E-state index >= 15 is 0 Å². The summed E-state index contributed by atoms with van der Waals surface area (Å²) in [6, 6.07) is 9.90. The Morgan fingerprint density at radius 1 is 1.35 bits per heavy atom. The lowest BCUT2D eigenvalue weighted by Gasteiger charge is -2.34. The molecule has 20 heavy (non-hydrogen) atoms. The van der Waals surface area contributed by atoms with Crippen LogP contribution < -0.4 is 5.73 Å². The highest BCUT2D eigenvalue weighted by Crippen LogP contribution is 2.28. The van der Waals surface area contributed by atoms with Crippen LogP contribution in [0.15, 0.2) is 35.3 Å². The lowest BCUT2D eigenvalue weighted by atomic mass is 9.91. The fraction of sp³-hybridized carbons (Fsp3) is 0.467. The fourth-order valence-electron chi connectivity index (χ4n) is 2.45. The molecule has 0 radical (unpaired) electrons. The standard InChI is InChI=1S/C15H21N3O2/c1-15(9-8-12-6-4-3-5-7-12)13(16)17-14(19)18(15)10-11-20-2/h3-7H,8-11H2,1-2H3,(H2,16,17,19). The van der Waals surface area contributed by atoms with Crippen LogP contribution in [0.3, 0.4) is 0 Å². The van der Waals surface area contributed by atoms with Crippen molar-refractivity contribution < 1.29 is 9.53 Å². The Morgan fingerprint density at radius 2 is 2.05 bits per heavy atom. The first-order valence-corrected chi connectivity index (χ1v) is 6.77. The van der Waals surface area contributed by atoms with Crippen molar-refractivity contribution in [1.29, 1.82) is 0 Å². The van der Waals surface area contributed by atoms with Crippen molar-refractivity contribution in [2.45, 2.75) is 25.3 Å². The first-order valence-electron chi connectivity index (χ1n) is 6.77. The van der Waals surface area contributed by atoms with E-state index in [-0.39, 0.29) is 6.03 Å². The van der Waals surface area contributed by atoms with Gasteiger partial charge >= 0.3 is 6.03 Å². The largest absolute Gasteiger partial charge is 0.385 e. The number of urea groups is 1. The van der Waals surface area contributed by atoms with E-state index in [0.29, 0.717) is 19.0 Å². The van der Waals surface area contributed by atoms with Gasteiger partial charge in [-0.25, -0.2) is 4.79 Å². The highest BCUT2D eigenvalue weighted by Gasteiger charge is 2.43. The van der Waals surface area contributed by atoms with Crippen LogP contribution in [0.1, 0.15) is 18.9 Å². The van der Waals surface area contributed by atoms with Crippen LogP contribution in [-0.2, 0) is 11.2 Å². The molecule has 1 aliphatic heterocycles. The molecule has 1 aromatic rings. The second-order valence-corrected chi connectivity index (χ2v) is 5.18. The highest BCUT2D eigenvalue weighted by atomic mass is 16.5. The molecule has 2 amide bonds. The number of amidine groups is 1. The summed E-state index contributed by atoms with van der Waals surface area (Å²) in [5, 5.41) is 0. The van der Waals surface area contributed by atoms with Crippen molar-refractivity contribution in [3.8, 4) is 0 Å². The molecule has 0 fully saturated rings. The van der Waals surface area contributed by atoms with Crippen LogP contribution in [0.4, 0.5) is 4.79 Å². The van der Waals surface area contributed by atoms with Crippen LogP contribution in [0.2, 0.25) is 0 Å². The highest BCUT2D eigenvalue weighted by molar-refractivity contribution is 6.05. The second-order valence-electron chi connectivity index (χ2n) is 5.18. The topological polar surface area (TPSA) is 67.9 Å². The van der Waals surface area contributed by atoms with Crippen LogP contribution in [0.5, 0.6) is 0 Å². The number of benzene rings is 1. The van der Waals surface area contributed by atoms with Gasteiger partial charge in [-0.15, -0.1) is 0 Å². The zero-order valence-corrected chi connectivity index (χ0v) is 12.0. The minimum Gasteiger partial charge on any atom is -0.385 e. The molecule has 0 aliphatic carbocycles. The third-order valence-corrected chi connectivity index (χ3v) is 3.86. The third kappa shape index (κ3) is 2.82. The van der Waals surface area contributed by atoms with Gasteiger partial charge in [0.1, 0.15) is 5.84 Å². The number of methoxy groups -OCH3 is 1. The number of hydrogen-bond donors (Lipinski definition) is 1. The Kier molecular flexibility index (Phi) is 4.39. The van der Waals surface area contributed by atoms with Crippen molar-refractivity contribution in [2.75, 3.05) is 20.3 Å². The minimum absolute atomic E-state index is 0.268. The van der Waals surface area contributed by atoms with Gasteiger partial charge in [-0.1, -0.05) is 30.3 Å². The first kappa shape index (κ1) is 14.5. The van der Waals surface area contributed by atoms with Crippen molar-refractivity contribution in [3.63, 3.8) is 0 Å². The van der Waals surface area contributed by atoms with Crippen LogP contribution in [0, 0.1) is 0 Å². The number of carbonyl (C=O) groups excluding carboxylic acids is 1. The zero-order valence-electron chi connectivity index (χ0n) is 12.0. The molecule has 0 bridgehead atoms. The Hall–Kier alpha value is -1.88. The number of aryl methyl sites for hydroxylation is 1. The number of amides is 2. The molecular weight excluding hydrogens is 254 g/mol. The summed E-state index contributed by atoms with van der Waals surface area (Å²) < 4.78 is 5.06. The van der Waals surface area contributed by atoms with Crippen LogP contribution in [0.25, 0.3) is 0 Å². The summed E-state index contributed by atoms with van der Waals surface area (Å²) in [5.41, 5.74) is 6.68. The van der Waals surface area contributed by atoms with Crippen molar-refractivity contribution in [3.05, 3.63) is 35.9 Å². The molecule has 0 saturated carbocycles. The summed E-state index contributed by atoms with van der Waals surface area (Å²) in [7, 11) is 1.62. The molecule has 0 aromatic heterocycles. The quantitative estimate of drug-likeness (QED) is 0.861. The van der Waals surface area contributed by atoms with Gasteiger partial charge in [-0.05, 0) is 25.3 Å². The first-order chi connectivity index (χ1) is 9.58. The van der Waals surface area contributed by atoms with Gasteiger partial charge in [0.05, 0.1) is 12.1 Å². The van der Waals surface area contributed by atoms with E-state index in [9.17, 15) is 4.79 Å². The van der Waals surface area contributed by atoms with E-state index in [4.69, 9.17) is 10.5 Å². The van der Waals surface area contributed by atoms with E-state index in [1.807, 2.05) is 25.1 Å². The average molecular weight is 275 g/mol. The number of rotatable bonds is 6. The van der Waals surface area contributed by atoms with E-state index < -0.39 is 5.54 Å². The molecule has 108 valence electrons. The molecule has 5 nitrogen and oxygen atoms in total. The van der Waals surface area contributed by atoms with Gasteiger partial charge in [-0.3, -0.25) is 0 Å². The number of ether oxygens (including phenoxy) is 1. The molecule has 1 atom stereocenters. The Balaban J connectivity index is 2.09. The predicted octanol–water partition coefficient (Wildman–Crippen LogP) is 1.82. The Bertz CT molecular complexity index is 501. The fourth-order valence-corrected chi connectivity index (χ4v) is 2.45. The van der Waals surface area contributed by atoms with E-state index in [0.717, 1.165) is 12.8 Å². The monoisotopic (exact) mass is 275 g/mol. The van der Waals surface area contributed by atoms with E-state index in [1.54, 1.807) is 12.0 Å². The molecule has 2 rings (SSSR count). The van der Waals surface area contributed by atoms with Crippen molar-refractivity contribution in [2.24, 2.45) is 10.7 Å². The van der Waals surface area contributed by atoms with Crippen LogP contribution >= 0.6 is 0 Å². The number of nitrogens with two attached hydrogens (primary N) is 1. The number of carbonyl (C=O) groups is 1. The lowest BCUT2D eigenvalue weighted by molar-refractivity contribution is 0.125. The third-order valence-electron chi connectivity index (χ3n) is 3.86. The lowest BCUT2D eigenvalue weighted by Crippen LogP contribution is -2.53.